The van der Waals surface area contributed by atoms with Crippen LogP contribution >= 0.6 is 0 Å². The molecule has 0 spiro atoms. The van der Waals surface area contributed by atoms with Crippen molar-refractivity contribution in [2.24, 2.45) is 0 Å². The van der Waals surface area contributed by atoms with Crippen molar-refractivity contribution in [3.8, 4) is 0 Å². The summed E-state index contributed by atoms with van der Waals surface area (Å²) in [6, 6.07) is 10.9. The first-order chi connectivity index (χ1) is 10.3. The molecule has 2 aromatic rings. The van der Waals surface area contributed by atoms with Gasteiger partial charge in [-0.2, -0.15) is 0 Å². The van der Waals surface area contributed by atoms with Crippen LogP contribution in [0.4, 0.5) is 0 Å². The van der Waals surface area contributed by atoms with Crippen LogP contribution in [0, 0.1) is 0 Å². The fourth-order valence-electron chi connectivity index (χ4n) is 3.85. The predicted molar refractivity (Wildman–Crippen MR) is 83.4 cm³/mol. The van der Waals surface area contributed by atoms with Gasteiger partial charge >= 0.3 is 0 Å². The Morgan fingerprint density at radius 1 is 1.19 bits per heavy atom. The molecule has 2 unspecified atom stereocenters. The molecular formula is C17H21N3O. The topological polar surface area (TPSA) is 48.1 Å². The van der Waals surface area contributed by atoms with Gasteiger partial charge in [0, 0.05) is 29.5 Å². The van der Waals surface area contributed by atoms with E-state index in [4.69, 9.17) is 0 Å². The van der Waals surface area contributed by atoms with Crippen LogP contribution in [-0.4, -0.2) is 41.0 Å². The number of hydrogen-bond donors (Lipinski definition) is 2. The molecule has 3 heterocycles. The number of carbonyl (C=O) groups is 1. The summed E-state index contributed by atoms with van der Waals surface area (Å²) in [5, 5.41) is 4.66. The number of hydrogen-bond acceptors (Lipinski definition) is 2. The van der Waals surface area contributed by atoms with Crippen LogP contribution in [0.3, 0.4) is 0 Å². The van der Waals surface area contributed by atoms with Gasteiger partial charge in [-0.25, -0.2) is 0 Å². The Morgan fingerprint density at radius 3 is 2.90 bits per heavy atom. The molecule has 1 amide bonds. The fraction of sp³-hybridized carbons (Fsp3) is 0.471. The Hall–Kier alpha value is -1.81. The number of benzene rings is 1. The molecule has 0 saturated carbocycles. The second-order valence-corrected chi connectivity index (χ2v) is 6.18. The molecule has 4 nitrogen and oxygen atoms in total. The summed E-state index contributed by atoms with van der Waals surface area (Å²) < 4.78 is 0. The van der Waals surface area contributed by atoms with Crippen molar-refractivity contribution in [3.63, 3.8) is 0 Å². The van der Waals surface area contributed by atoms with E-state index in [0.717, 1.165) is 42.5 Å². The third-order valence-electron chi connectivity index (χ3n) is 4.88. The van der Waals surface area contributed by atoms with Crippen molar-refractivity contribution in [3.05, 3.63) is 36.0 Å². The molecule has 2 fully saturated rings. The van der Waals surface area contributed by atoms with E-state index in [9.17, 15) is 4.79 Å². The van der Waals surface area contributed by atoms with Crippen molar-refractivity contribution >= 4 is 16.8 Å². The lowest BCUT2D eigenvalue weighted by molar-refractivity contribution is 0.0706. The first kappa shape index (κ1) is 12.9. The monoisotopic (exact) mass is 283 g/mol. The second kappa shape index (κ2) is 5.19. The average molecular weight is 283 g/mol. The minimum atomic E-state index is 0.155. The molecule has 0 radical (unpaired) electrons. The van der Waals surface area contributed by atoms with Gasteiger partial charge in [-0.15, -0.1) is 0 Å². The Balaban J connectivity index is 1.60. The van der Waals surface area contributed by atoms with Crippen LogP contribution in [0.1, 0.15) is 36.2 Å². The number of rotatable bonds is 2. The van der Waals surface area contributed by atoms with E-state index in [1.807, 2.05) is 30.3 Å². The zero-order valence-electron chi connectivity index (χ0n) is 12.1. The van der Waals surface area contributed by atoms with Gasteiger partial charge in [0.1, 0.15) is 5.69 Å². The Morgan fingerprint density at radius 2 is 2.10 bits per heavy atom. The van der Waals surface area contributed by atoms with Gasteiger partial charge in [-0.1, -0.05) is 18.2 Å². The molecule has 4 rings (SSSR count). The first-order valence-electron chi connectivity index (χ1n) is 7.95. The molecule has 21 heavy (non-hydrogen) atoms. The largest absolute Gasteiger partial charge is 0.351 e. The molecule has 2 aliphatic rings. The predicted octanol–water partition coefficient (Wildman–Crippen LogP) is 2.52. The first-order valence-corrected chi connectivity index (χ1v) is 7.95. The Labute approximate surface area is 124 Å². The lowest BCUT2D eigenvalue weighted by atomic mass is 10.0. The number of aromatic nitrogens is 1. The Kier molecular flexibility index (Phi) is 3.19. The number of carbonyl (C=O) groups excluding carboxylic acids is 1. The highest BCUT2D eigenvalue weighted by Gasteiger charge is 2.36. The highest BCUT2D eigenvalue weighted by atomic mass is 16.2. The summed E-state index contributed by atoms with van der Waals surface area (Å²) in [4.78, 5) is 18.2. The summed E-state index contributed by atoms with van der Waals surface area (Å²) in [6.07, 6.45) is 4.68. The normalized spacial score (nSPS) is 25.8. The summed E-state index contributed by atoms with van der Waals surface area (Å²) >= 11 is 0. The van der Waals surface area contributed by atoms with Crippen molar-refractivity contribution in [2.75, 3.05) is 13.1 Å². The van der Waals surface area contributed by atoms with Crippen LogP contribution in [0.2, 0.25) is 0 Å². The molecule has 1 aromatic heterocycles. The molecule has 4 heteroatoms. The maximum Gasteiger partial charge on any atom is 0.270 e. The van der Waals surface area contributed by atoms with Crippen molar-refractivity contribution in [2.45, 2.75) is 37.8 Å². The molecule has 2 N–H and O–H groups in total. The maximum absolute atomic E-state index is 12.9. The van der Waals surface area contributed by atoms with Gasteiger partial charge in [-0.3, -0.25) is 4.79 Å². The van der Waals surface area contributed by atoms with E-state index >= 15 is 0 Å². The van der Waals surface area contributed by atoms with Gasteiger partial charge < -0.3 is 15.2 Å². The standard InChI is InChI=1S/C17H21N3O/c21-17(15-11-12-5-1-2-6-13(12)19-15)20-10-4-8-16(20)14-7-3-9-18-14/h1-2,5-6,11,14,16,18-19H,3-4,7-10H2. The smallest absolute Gasteiger partial charge is 0.270 e. The second-order valence-electron chi connectivity index (χ2n) is 6.18. The number of H-pyrrole nitrogens is 1. The number of amides is 1. The lowest BCUT2D eigenvalue weighted by Gasteiger charge is -2.29. The molecule has 2 aliphatic heterocycles. The summed E-state index contributed by atoms with van der Waals surface area (Å²) in [6.45, 7) is 1.98. The van der Waals surface area contributed by atoms with Crippen molar-refractivity contribution in [1.82, 2.24) is 15.2 Å². The van der Waals surface area contributed by atoms with E-state index in [1.165, 1.54) is 12.8 Å². The SMILES string of the molecule is O=C(c1cc2ccccc2[nH]1)N1CCCC1C1CCCN1. The minimum absolute atomic E-state index is 0.155. The molecule has 1 aromatic carbocycles. The van der Waals surface area contributed by atoms with Crippen molar-refractivity contribution < 1.29 is 4.79 Å². The highest BCUT2D eigenvalue weighted by molar-refractivity contribution is 5.98. The van der Waals surface area contributed by atoms with Crippen LogP contribution < -0.4 is 5.32 Å². The third kappa shape index (κ3) is 2.23. The number of aromatic amines is 1. The van der Waals surface area contributed by atoms with Crippen molar-refractivity contribution in [1.29, 1.82) is 0 Å². The molecule has 2 atom stereocenters. The summed E-state index contributed by atoms with van der Waals surface area (Å²) in [5.74, 6) is 0.155. The molecule has 110 valence electrons. The number of nitrogens with one attached hydrogen (secondary N) is 2. The van der Waals surface area contributed by atoms with E-state index in [-0.39, 0.29) is 5.91 Å². The van der Waals surface area contributed by atoms with Crippen LogP contribution in [0.25, 0.3) is 10.9 Å². The van der Waals surface area contributed by atoms with Crippen LogP contribution in [0.15, 0.2) is 30.3 Å². The van der Waals surface area contributed by atoms with E-state index < -0.39 is 0 Å². The quantitative estimate of drug-likeness (QED) is 0.889. The van der Waals surface area contributed by atoms with Gasteiger partial charge in [0.25, 0.3) is 5.91 Å². The number of fused-ring (bicyclic) bond motifs is 1. The summed E-state index contributed by atoms with van der Waals surface area (Å²) in [5.41, 5.74) is 1.76. The Bertz CT molecular complexity index is 624. The molecule has 2 saturated heterocycles. The van der Waals surface area contributed by atoms with Gasteiger partial charge in [0.2, 0.25) is 0 Å². The van der Waals surface area contributed by atoms with E-state index in [0.29, 0.717) is 12.1 Å². The minimum Gasteiger partial charge on any atom is -0.351 e. The van der Waals surface area contributed by atoms with Crippen LogP contribution in [0.5, 0.6) is 0 Å². The van der Waals surface area contributed by atoms with E-state index in [2.05, 4.69) is 15.2 Å². The summed E-state index contributed by atoms with van der Waals surface area (Å²) in [7, 11) is 0. The van der Waals surface area contributed by atoms with Gasteiger partial charge in [0.05, 0.1) is 0 Å². The zero-order chi connectivity index (χ0) is 14.2. The lowest BCUT2D eigenvalue weighted by Crippen LogP contribution is -2.46. The van der Waals surface area contributed by atoms with Gasteiger partial charge in [-0.05, 0) is 44.4 Å². The number of para-hydroxylation sites is 1. The maximum atomic E-state index is 12.9. The molecule has 0 aliphatic carbocycles. The van der Waals surface area contributed by atoms with E-state index in [1.54, 1.807) is 0 Å². The van der Waals surface area contributed by atoms with Gasteiger partial charge in [0.15, 0.2) is 0 Å². The fourth-order valence-corrected chi connectivity index (χ4v) is 3.85. The zero-order valence-corrected chi connectivity index (χ0v) is 12.1. The number of likely N-dealkylation sites (tertiary alicyclic amines) is 1. The number of nitrogens with zero attached hydrogens (tertiary/aromatic N) is 1. The average Bonchev–Trinajstić information content (AvgIpc) is 3.23. The third-order valence-corrected chi connectivity index (χ3v) is 4.88. The molecular weight excluding hydrogens is 262 g/mol. The van der Waals surface area contributed by atoms with Crippen LogP contribution in [-0.2, 0) is 0 Å². The highest BCUT2D eigenvalue weighted by Crippen LogP contribution is 2.27. The molecule has 0 bridgehead atoms.